The lowest BCUT2D eigenvalue weighted by molar-refractivity contribution is -0.0498. The van der Waals surface area contributed by atoms with Crippen LogP contribution < -0.4 is 40.2 Å². The highest BCUT2D eigenvalue weighted by Crippen LogP contribution is 2.40. The number of carbonyl (C=O) groups is 2. The van der Waals surface area contributed by atoms with E-state index in [1.807, 2.05) is 45.0 Å². The Morgan fingerprint density at radius 2 is 1.62 bits per heavy atom. The predicted molar refractivity (Wildman–Crippen MR) is 236 cm³/mol. The number of rotatable bonds is 14. The summed E-state index contributed by atoms with van der Waals surface area (Å²) in [6.45, 7) is 13.6. The monoisotopic (exact) mass is 839 g/mol. The fraction of sp³-hybridized carbons (Fsp3) is 0.341. The summed E-state index contributed by atoms with van der Waals surface area (Å²) in [5, 5.41) is 13.5. The number of fused-ring (bicyclic) bond motifs is 1. The number of benzene rings is 4. The molecule has 1 aliphatic rings. The molecule has 5 aromatic rings. The molecule has 0 saturated carbocycles. The Hall–Kier alpha value is -6.10. The Morgan fingerprint density at radius 1 is 0.883 bits per heavy atom. The molecule has 5 N–H and O–H groups in total. The third kappa shape index (κ3) is 10.7. The van der Waals surface area contributed by atoms with Gasteiger partial charge in [0.1, 0.15) is 23.1 Å². The molecule has 0 aliphatic carbocycles. The highest BCUT2D eigenvalue weighted by Gasteiger charge is 2.30. The zero-order chi connectivity index (χ0) is 43.2. The van der Waals surface area contributed by atoms with Gasteiger partial charge in [0.25, 0.3) is 5.91 Å². The maximum absolute atomic E-state index is 13.5. The number of carbonyl (C=O) groups excluding carboxylic acids is 2. The van der Waals surface area contributed by atoms with E-state index in [0.29, 0.717) is 77.4 Å². The zero-order valence-electron chi connectivity index (χ0n) is 35.2. The molecule has 0 bridgehead atoms. The summed E-state index contributed by atoms with van der Waals surface area (Å²) in [4.78, 5) is 33.4. The summed E-state index contributed by atoms with van der Waals surface area (Å²) in [6.07, 6.45) is 2.67. The molecule has 1 aromatic heterocycles. The number of morpholine rings is 1. The topological polar surface area (TPSA) is 181 Å². The van der Waals surface area contributed by atoms with Crippen molar-refractivity contribution in [1.29, 1.82) is 0 Å². The van der Waals surface area contributed by atoms with Crippen molar-refractivity contribution in [2.24, 2.45) is 0 Å². The molecule has 2 heterocycles. The van der Waals surface area contributed by atoms with Gasteiger partial charge in [-0.1, -0.05) is 45.0 Å². The van der Waals surface area contributed by atoms with Crippen LogP contribution in [0.15, 0.2) is 85.1 Å². The minimum absolute atomic E-state index is 0.0901. The van der Waals surface area contributed by atoms with Crippen LogP contribution in [0, 0.1) is 0 Å². The van der Waals surface area contributed by atoms with Crippen molar-refractivity contribution in [3.8, 4) is 23.0 Å². The number of methoxy groups -OCH3 is 2. The summed E-state index contributed by atoms with van der Waals surface area (Å²) in [7, 11) is -0.716. The van der Waals surface area contributed by atoms with E-state index in [4.69, 9.17) is 18.9 Å². The number of ether oxygens (including phenoxy) is 4. The number of sulfonamides is 1. The third-order valence-electron chi connectivity index (χ3n) is 10.00. The van der Waals surface area contributed by atoms with Crippen LogP contribution in [0.2, 0.25) is 0 Å². The smallest absolute Gasteiger partial charge is 0.323 e. The molecule has 4 aromatic carbocycles. The molecule has 1 saturated heterocycles. The van der Waals surface area contributed by atoms with E-state index in [9.17, 15) is 18.0 Å². The fourth-order valence-electron chi connectivity index (χ4n) is 6.87. The normalized spacial score (nSPS) is 14.2. The lowest BCUT2D eigenvalue weighted by Gasteiger charge is -2.42. The van der Waals surface area contributed by atoms with Gasteiger partial charge in [-0.15, -0.1) is 0 Å². The highest BCUT2D eigenvalue weighted by atomic mass is 32.2. The molecule has 0 spiro atoms. The molecular formula is C44H53N7O8S. The first kappa shape index (κ1) is 43.5. The SMILES string of the molecule is COc1cc(Nc2cc(Oc3ccc(NC(=O)Nc4cc(C(C)(C)C)cc(NS(C)(=O)=O)c4OC)c4ccccc34)ccn2)ccc1C(=O)NCCN1CCOCC1(C)C. The molecule has 3 amide bonds. The van der Waals surface area contributed by atoms with E-state index in [0.717, 1.165) is 23.8 Å². The standard InChI is InChI=1S/C44H53N7O8S/c1-43(2,3)28-23-35(40(57-7)36(24-28)50-60(8,54)55)49-42(53)48-34-15-16-37(32-12-10-9-11-31(32)34)59-30-17-18-45-39(26-30)47-29-13-14-33(38(25-29)56-6)41(52)46-19-20-51-21-22-58-27-44(51,4)5/h9-18,23-26,50H,19-22,27H2,1-8H3,(H,45,47)(H,46,52)(H2,48,49,53). The lowest BCUT2D eigenvalue weighted by Crippen LogP contribution is -2.54. The molecule has 16 heteroatoms. The van der Waals surface area contributed by atoms with Crippen molar-refractivity contribution in [2.45, 2.75) is 45.6 Å². The number of nitrogens with zero attached hydrogens (tertiary/aromatic N) is 2. The summed E-state index contributed by atoms with van der Waals surface area (Å²) < 4.78 is 50.0. The van der Waals surface area contributed by atoms with E-state index in [1.54, 1.807) is 60.8 Å². The number of amides is 3. The van der Waals surface area contributed by atoms with Gasteiger partial charge in [0.05, 0.1) is 56.3 Å². The molecule has 60 heavy (non-hydrogen) atoms. The molecule has 6 rings (SSSR count). The van der Waals surface area contributed by atoms with Crippen LogP contribution in [0.1, 0.15) is 50.5 Å². The minimum atomic E-state index is -3.65. The second-order valence-corrected chi connectivity index (χ2v) is 17.8. The average molecular weight is 840 g/mol. The maximum Gasteiger partial charge on any atom is 0.323 e. The van der Waals surface area contributed by atoms with Crippen LogP contribution in [0.4, 0.5) is 33.4 Å². The van der Waals surface area contributed by atoms with Gasteiger partial charge in [-0.25, -0.2) is 18.2 Å². The minimum Gasteiger partial charge on any atom is -0.496 e. The van der Waals surface area contributed by atoms with Crippen LogP contribution >= 0.6 is 0 Å². The molecule has 1 aliphatic heterocycles. The third-order valence-corrected chi connectivity index (χ3v) is 10.6. The van der Waals surface area contributed by atoms with Gasteiger partial charge in [-0.2, -0.15) is 0 Å². The zero-order valence-corrected chi connectivity index (χ0v) is 36.0. The van der Waals surface area contributed by atoms with E-state index in [1.165, 1.54) is 14.2 Å². The molecule has 1 fully saturated rings. The molecule has 0 radical (unpaired) electrons. The summed E-state index contributed by atoms with van der Waals surface area (Å²) in [5.74, 6) is 1.90. The largest absolute Gasteiger partial charge is 0.496 e. The summed E-state index contributed by atoms with van der Waals surface area (Å²) >= 11 is 0. The van der Waals surface area contributed by atoms with Crippen LogP contribution in [0.3, 0.4) is 0 Å². The predicted octanol–water partition coefficient (Wildman–Crippen LogP) is 7.94. The lowest BCUT2D eigenvalue weighted by atomic mass is 9.86. The van der Waals surface area contributed by atoms with E-state index >= 15 is 0 Å². The number of aromatic nitrogens is 1. The van der Waals surface area contributed by atoms with Crippen LogP contribution in [0.5, 0.6) is 23.0 Å². The van der Waals surface area contributed by atoms with E-state index in [2.05, 4.69) is 49.7 Å². The Bertz CT molecular complexity index is 2490. The highest BCUT2D eigenvalue weighted by molar-refractivity contribution is 7.92. The van der Waals surface area contributed by atoms with E-state index < -0.39 is 16.1 Å². The first-order valence-electron chi connectivity index (χ1n) is 19.4. The van der Waals surface area contributed by atoms with Gasteiger partial charge >= 0.3 is 6.03 Å². The van der Waals surface area contributed by atoms with Gasteiger partial charge in [-0.05, 0) is 67.3 Å². The molecule has 15 nitrogen and oxygen atoms in total. The van der Waals surface area contributed by atoms with E-state index in [-0.39, 0.29) is 28.3 Å². The first-order valence-corrected chi connectivity index (χ1v) is 21.3. The van der Waals surface area contributed by atoms with Gasteiger partial charge in [0.15, 0.2) is 5.75 Å². The second-order valence-electron chi connectivity index (χ2n) is 16.1. The first-order chi connectivity index (χ1) is 28.4. The Balaban J connectivity index is 1.14. The number of pyridine rings is 1. The van der Waals surface area contributed by atoms with Crippen molar-refractivity contribution < 1.29 is 37.0 Å². The summed E-state index contributed by atoms with van der Waals surface area (Å²) in [6, 6.07) is 22.6. The van der Waals surface area contributed by atoms with Crippen LogP contribution in [-0.4, -0.2) is 89.1 Å². The second kappa shape index (κ2) is 18.0. The molecule has 318 valence electrons. The fourth-order valence-corrected chi connectivity index (χ4v) is 7.43. The Kier molecular flexibility index (Phi) is 13.1. The number of urea groups is 1. The number of hydrogen-bond acceptors (Lipinski definition) is 11. The van der Waals surface area contributed by atoms with Gasteiger partial charge in [0, 0.05) is 60.0 Å². The maximum atomic E-state index is 13.5. The van der Waals surface area contributed by atoms with Crippen molar-refractivity contribution >= 4 is 61.3 Å². The van der Waals surface area contributed by atoms with Crippen molar-refractivity contribution in [2.75, 3.05) is 74.0 Å². The number of nitrogens with one attached hydrogen (secondary N) is 5. The quantitative estimate of drug-likeness (QED) is 0.0733. The van der Waals surface area contributed by atoms with Gasteiger partial charge < -0.3 is 40.2 Å². The molecule has 0 unspecified atom stereocenters. The van der Waals surface area contributed by atoms with Crippen molar-refractivity contribution in [3.05, 3.63) is 96.2 Å². The average Bonchev–Trinajstić information content (AvgIpc) is 3.18. The number of anilines is 5. The van der Waals surface area contributed by atoms with Gasteiger partial charge in [-0.3, -0.25) is 14.4 Å². The Labute approximate surface area is 351 Å². The molecule has 0 atom stereocenters. The van der Waals surface area contributed by atoms with Crippen LogP contribution in [0.25, 0.3) is 10.8 Å². The van der Waals surface area contributed by atoms with Crippen molar-refractivity contribution in [1.82, 2.24) is 15.2 Å². The molecular weight excluding hydrogens is 787 g/mol. The van der Waals surface area contributed by atoms with Gasteiger partial charge in [0.2, 0.25) is 10.0 Å². The Morgan fingerprint density at radius 3 is 2.32 bits per heavy atom. The van der Waals surface area contributed by atoms with Crippen LogP contribution in [-0.2, 0) is 20.2 Å². The van der Waals surface area contributed by atoms with Crippen molar-refractivity contribution in [3.63, 3.8) is 0 Å². The number of hydrogen-bond donors (Lipinski definition) is 5. The summed E-state index contributed by atoms with van der Waals surface area (Å²) in [5.41, 5.74) is 2.41.